The van der Waals surface area contributed by atoms with E-state index < -0.39 is 12.0 Å². The van der Waals surface area contributed by atoms with Crippen molar-refractivity contribution in [1.82, 2.24) is 0 Å². The Balaban J connectivity index is 1.84. The normalized spacial score (nSPS) is 10.3. The summed E-state index contributed by atoms with van der Waals surface area (Å²) in [6.07, 6.45) is 0. The fourth-order valence-electron chi connectivity index (χ4n) is 2.39. The van der Waals surface area contributed by atoms with Crippen LogP contribution < -0.4 is 10.6 Å². The summed E-state index contributed by atoms with van der Waals surface area (Å²) >= 11 is 0. The fourth-order valence-corrected chi connectivity index (χ4v) is 2.39. The Bertz CT molecular complexity index is 885. The summed E-state index contributed by atoms with van der Waals surface area (Å²) in [7, 11) is 0. The number of hydrogen-bond donors (Lipinski definition) is 3. The van der Waals surface area contributed by atoms with Crippen molar-refractivity contribution in [3.8, 4) is 0 Å². The number of para-hydroxylation sites is 1. The van der Waals surface area contributed by atoms with Crippen LogP contribution in [0.5, 0.6) is 0 Å². The third kappa shape index (κ3) is 3.13. The van der Waals surface area contributed by atoms with Crippen molar-refractivity contribution in [2.45, 2.75) is 0 Å². The predicted molar refractivity (Wildman–Crippen MR) is 90.0 cm³/mol. The van der Waals surface area contributed by atoms with Crippen LogP contribution in [0.25, 0.3) is 10.8 Å². The molecule has 0 saturated heterocycles. The molecule has 3 rings (SSSR count). The Morgan fingerprint density at radius 2 is 1.35 bits per heavy atom. The van der Waals surface area contributed by atoms with E-state index in [1.807, 2.05) is 36.4 Å². The van der Waals surface area contributed by atoms with Crippen molar-refractivity contribution in [2.75, 3.05) is 10.6 Å². The molecule has 0 unspecified atom stereocenters. The first-order valence-electron chi connectivity index (χ1n) is 7.03. The maximum absolute atomic E-state index is 12.2. The van der Waals surface area contributed by atoms with Gasteiger partial charge in [-0.15, -0.1) is 0 Å². The van der Waals surface area contributed by atoms with E-state index in [0.717, 1.165) is 10.8 Å². The number of carbonyl (C=O) groups is 2. The van der Waals surface area contributed by atoms with Gasteiger partial charge in [0.1, 0.15) is 0 Å². The van der Waals surface area contributed by atoms with E-state index in [1.54, 1.807) is 24.3 Å². The van der Waals surface area contributed by atoms with Crippen LogP contribution in [0.15, 0.2) is 66.7 Å². The topological polar surface area (TPSA) is 78.4 Å². The molecule has 3 aromatic rings. The molecule has 0 bridgehead atoms. The minimum Gasteiger partial charge on any atom is -0.478 e. The zero-order valence-electron chi connectivity index (χ0n) is 12.1. The number of amides is 2. The van der Waals surface area contributed by atoms with Gasteiger partial charge < -0.3 is 15.7 Å². The van der Waals surface area contributed by atoms with Gasteiger partial charge in [0.25, 0.3) is 0 Å². The molecule has 2 amide bonds. The molecule has 0 aliphatic carbocycles. The largest absolute Gasteiger partial charge is 0.478 e. The second-order valence-corrected chi connectivity index (χ2v) is 4.96. The molecule has 3 aromatic carbocycles. The van der Waals surface area contributed by atoms with Crippen molar-refractivity contribution in [1.29, 1.82) is 0 Å². The SMILES string of the molecule is O=C(Nc1ccccc1C(=O)O)Nc1cccc2ccccc12. The summed E-state index contributed by atoms with van der Waals surface area (Å²) < 4.78 is 0. The van der Waals surface area contributed by atoms with Crippen LogP contribution in [0.2, 0.25) is 0 Å². The molecule has 114 valence electrons. The van der Waals surface area contributed by atoms with Gasteiger partial charge in [-0.25, -0.2) is 9.59 Å². The van der Waals surface area contributed by atoms with E-state index in [1.165, 1.54) is 6.07 Å². The first-order valence-corrected chi connectivity index (χ1v) is 7.03. The molecule has 0 spiro atoms. The average molecular weight is 306 g/mol. The summed E-state index contributed by atoms with van der Waals surface area (Å²) in [5, 5.41) is 16.4. The van der Waals surface area contributed by atoms with Gasteiger partial charge in [-0.3, -0.25) is 0 Å². The van der Waals surface area contributed by atoms with Crippen LogP contribution in [-0.2, 0) is 0 Å². The van der Waals surface area contributed by atoms with Crippen molar-refractivity contribution in [3.05, 3.63) is 72.3 Å². The lowest BCUT2D eigenvalue weighted by Gasteiger charge is -2.11. The van der Waals surface area contributed by atoms with E-state index in [-0.39, 0.29) is 11.3 Å². The van der Waals surface area contributed by atoms with E-state index in [2.05, 4.69) is 10.6 Å². The maximum atomic E-state index is 12.2. The molecule has 0 aliphatic heterocycles. The smallest absolute Gasteiger partial charge is 0.337 e. The van der Waals surface area contributed by atoms with Gasteiger partial charge in [0.2, 0.25) is 0 Å². The maximum Gasteiger partial charge on any atom is 0.337 e. The van der Waals surface area contributed by atoms with Crippen molar-refractivity contribution in [2.24, 2.45) is 0 Å². The highest BCUT2D eigenvalue weighted by molar-refractivity contribution is 6.08. The summed E-state index contributed by atoms with van der Waals surface area (Å²) in [5.74, 6) is -1.09. The lowest BCUT2D eigenvalue weighted by atomic mass is 10.1. The Morgan fingerprint density at radius 1 is 0.739 bits per heavy atom. The zero-order chi connectivity index (χ0) is 16.2. The molecule has 0 saturated carbocycles. The molecular formula is C18H14N2O3. The number of aromatic carboxylic acids is 1. The Labute approximate surface area is 132 Å². The number of nitrogens with one attached hydrogen (secondary N) is 2. The Kier molecular flexibility index (Phi) is 3.93. The predicted octanol–water partition coefficient (Wildman–Crippen LogP) is 4.18. The molecule has 0 atom stereocenters. The summed E-state index contributed by atoms with van der Waals surface area (Å²) in [6.45, 7) is 0. The van der Waals surface area contributed by atoms with Crippen LogP contribution in [-0.4, -0.2) is 17.1 Å². The number of benzene rings is 3. The lowest BCUT2D eigenvalue weighted by Crippen LogP contribution is -2.21. The minimum atomic E-state index is -1.09. The number of carbonyl (C=O) groups excluding carboxylic acids is 1. The van der Waals surface area contributed by atoms with Gasteiger partial charge >= 0.3 is 12.0 Å². The van der Waals surface area contributed by atoms with Crippen molar-refractivity contribution >= 4 is 34.1 Å². The first-order chi connectivity index (χ1) is 11.1. The van der Waals surface area contributed by atoms with E-state index in [4.69, 9.17) is 5.11 Å². The number of rotatable bonds is 3. The van der Waals surface area contributed by atoms with Gasteiger partial charge in [0.15, 0.2) is 0 Å². The second kappa shape index (κ2) is 6.19. The summed E-state index contributed by atoms with van der Waals surface area (Å²) in [5.41, 5.74) is 0.951. The third-order valence-electron chi connectivity index (χ3n) is 3.44. The number of anilines is 2. The van der Waals surface area contributed by atoms with E-state index >= 15 is 0 Å². The Hall–Kier alpha value is -3.34. The van der Waals surface area contributed by atoms with Gasteiger partial charge in [0.05, 0.1) is 16.9 Å². The monoisotopic (exact) mass is 306 g/mol. The molecule has 0 radical (unpaired) electrons. The number of urea groups is 1. The highest BCUT2D eigenvalue weighted by atomic mass is 16.4. The van der Waals surface area contributed by atoms with Crippen LogP contribution >= 0.6 is 0 Å². The highest BCUT2D eigenvalue weighted by Crippen LogP contribution is 2.23. The highest BCUT2D eigenvalue weighted by Gasteiger charge is 2.12. The first kappa shape index (κ1) is 14.6. The fraction of sp³-hybridized carbons (Fsp3) is 0. The molecule has 0 fully saturated rings. The molecule has 5 nitrogen and oxygen atoms in total. The molecule has 0 aromatic heterocycles. The lowest BCUT2D eigenvalue weighted by molar-refractivity contribution is 0.0698. The van der Waals surface area contributed by atoms with Gasteiger partial charge in [-0.05, 0) is 23.6 Å². The Morgan fingerprint density at radius 3 is 2.17 bits per heavy atom. The summed E-state index contributed by atoms with van der Waals surface area (Å²) in [4.78, 5) is 23.3. The molecule has 3 N–H and O–H groups in total. The van der Waals surface area contributed by atoms with Crippen LogP contribution in [0.3, 0.4) is 0 Å². The molecule has 0 heterocycles. The molecule has 23 heavy (non-hydrogen) atoms. The van der Waals surface area contributed by atoms with Gasteiger partial charge in [-0.1, -0.05) is 48.5 Å². The van der Waals surface area contributed by atoms with Crippen LogP contribution in [0.1, 0.15) is 10.4 Å². The molecule has 5 heteroatoms. The average Bonchev–Trinajstić information content (AvgIpc) is 2.55. The van der Waals surface area contributed by atoms with Gasteiger partial charge in [0, 0.05) is 5.39 Å². The standard InChI is InChI=1S/C18H14N2O3/c21-17(22)14-9-3-4-10-16(14)20-18(23)19-15-11-5-7-12-6-1-2-8-13(12)15/h1-11H,(H,21,22)(H2,19,20,23). The number of carboxylic acids is 1. The zero-order valence-corrected chi connectivity index (χ0v) is 12.1. The summed E-state index contributed by atoms with van der Waals surface area (Å²) in [6, 6.07) is 19.1. The van der Waals surface area contributed by atoms with Crippen LogP contribution in [0.4, 0.5) is 16.2 Å². The van der Waals surface area contributed by atoms with Crippen LogP contribution in [0, 0.1) is 0 Å². The minimum absolute atomic E-state index is 0.0422. The number of fused-ring (bicyclic) bond motifs is 1. The van der Waals surface area contributed by atoms with Crippen molar-refractivity contribution < 1.29 is 14.7 Å². The molecule has 0 aliphatic rings. The molecular weight excluding hydrogens is 292 g/mol. The van der Waals surface area contributed by atoms with E-state index in [9.17, 15) is 9.59 Å². The van der Waals surface area contributed by atoms with Gasteiger partial charge in [-0.2, -0.15) is 0 Å². The third-order valence-corrected chi connectivity index (χ3v) is 3.44. The second-order valence-electron chi connectivity index (χ2n) is 4.96. The number of carboxylic acid groups (broad SMARTS) is 1. The van der Waals surface area contributed by atoms with E-state index in [0.29, 0.717) is 5.69 Å². The van der Waals surface area contributed by atoms with Crippen molar-refractivity contribution in [3.63, 3.8) is 0 Å². The quantitative estimate of drug-likeness (QED) is 0.679. The number of hydrogen-bond acceptors (Lipinski definition) is 2.